The molecule has 74 valence electrons. The van der Waals surface area contributed by atoms with Gasteiger partial charge in [0.15, 0.2) is 0 Å². The number of halogens is 1. The van der Waals surface area contributed by atoms with E-state index in [0.717, 1.165) is 16.8 Å². The Bertz CT molecular complexity index is 397. The van der Waals surface area contributed by atoms with Crippen LogP contribution < -0.4 is 0 Å². The number of rotatable bonds is 2. The fraction of sp³-hybridized carbons (Fsp3) is 0.182. The lowest BCUT2D eigenvalue weighted by Gasteiger charge is -2.07. The number of aromatic hydroxyl groups is 1. The summed E-state index contributed by atoms with van der Waals surface area (Å²) in [5, 5.41) is 9.91. The molecule has 3 heteroatoms. The Labute approximate surface area is 88.6 Å². The zero-order chi connectivity index (χ0) is 10.7. The Kier molecular flexibility index (Phi) is 3.31. The smallest absolute Gasteiger partial charge is 0.117 e. The summed E-state index contributed by atoms with van der Waals surface area (Å²) in [7, 11) is 0. The van der Waals surface area contributed by atoms with Crippen LogP contribution in [0.25, 0.3) is 0 Å². The summed E-state index contributed by atoms with van der Waals surface area (Å²) in [6, 6.07) is 3.16. The number of aliphatic imine (C=N–C) groups is 1. The SMILES string of the molecule is C=CN=C(C)c1cc(O)cc(Cl)c1C. The predicted molar refractivity (Wildman–Crippen MR) is 60.3 cm³/mol. The summed E-state index contributed by atoms with van der Waals surface area (Å²) >= 11 is 5.92. The van der Waals surface area contributed by atoms with Crippen LogP contribution in [0.2, 0.25) is 5.02 Å². The zero-order valence-electron chi connectivity index (χ0n) is 8.21. The van der Waals surface area contributed by atoms with Gasteiger partial charge in [-0.3, -0.25) is 4.99 Å². The van der Waals surface area contributed by atoms with E-state index in [-0.39, 0.29) is 5.75 Å². The van der Waals surface area contributed by atoms with Gasteiger partial charge in [0.05, 0.1) is 0 Å². The van der Waals surface area contributed by atoms with E-state index in [2.05, 4.69) is 11.6 Å². The van der Waals surface area contributed by atoms with Gasteiger partial charge >= 0.3 is 0 Å². The van der Waals surface area contributed by atoms with E-state index in [4.69, 9.17) is 11.6 Å². The van der Waals surface area contributed by atoms with Gasteiger partial charge in [-0.1, -0.05) is 18.2 Å². The Hall–Kier alpha value is -1.28. The molecule has 0 radical (unpaired) electrons. The van der Waals surface area contributed by atoms with Crippen molar-refractivity contribution in [3.63, 3.8) is 0 Å². The molecule has 0 atom stereocenters. The highest BCUT2D eigenvalue weighted by Gasteiger charge is 2.07. The molecule has 0 spiro atoms. The van der Waals surface area contributed by atoms with Crippen LogP contribution in [0.3, 0.4) is 0 Å². The first-order valence-corrected chi connectivity index (χ1v) is 4.59. The van der Waals surface area contributed by atoms with Crippen LogP contribution in [0, 0.1) is 6.92 Å². The van der Waals surface area contributed by atoms with Crippen LogP contribution >= 0.6 is 11.6 Å². The second-order valence-electron chi connectivity index (χ2n) is 3.00. The molecule has 14 heavy (non-hydrogen) atoms. The monoisotopic (exact) mass is 209 g/mol. The van der Waals surface area contributed by atoms with Crippen LogP contribution in [0.1, 0.15) is 18.1 Å². The molecule has 1 N–H and O–H groups in total. The standard InChI is InChI=1S/C11H12ClNO/c1-4-13-8(3)10-5-9(14)6-11(12)7(10)2/h4-6,14H,1H2,2-3H3. The topological polar surface area (TPSA) is 32.6 Å². The van der Waals surface area contributed by atoms with Crippen molar-refractivity contribution in [2.24, 2.45) is 4.99 Å². The van der Waals surface area contributed by atoms with E-state index in [9.17, 15) is 5.11 Å². The molecule has 1 aromatic rings. The van der Waals surface area contributed by atoms with E-state index in [1.165, 1.54) is 12.3 Å². The molecule has 1 rings (SSSR count). The van der Waals surface area contributed by atoms with Crippen LogP contribution in [0.15, 0.2) is 29.9 Å². The van der Waals surface area contributed by atoms with Crippen molar-refractivity contribution in [1.29, 1.82) is 0 Å². The van der Waals surface area contributed by atoms with Gasteiger partial charge in [-0.2, -0.15) is 0 Å². The van der Waals surface area contributed by atoms with Crippen molar-refractivity contribution >= 4 is 17.3 Å². The van der Waals surface area contributed by atoms with Crippen LogP contribution in [0.4, 0.5) is 0 Å². The predicted octanol–water partition coefficient (Wildman–Crippen LogP) is 3.31. The Balaban J connectivity index is 3.34. The lowest BCUT2D eigenvalue weighted by Crippen LogP contribution is -1.97. The van der Waals surface area contributed by atoms with E-state index in [1.54, 1.807) is 6.07 Å². The summed E-state index contributed by atoms with van der Waals surface area (Å²) in [6.07, 6.45) is 1.47. The van der Waals surface area contributed by atoms with E-state index in [0.29, 0.717) is 5.02 Å². The van der Waals surface area contributed by atoms with Gasteiger partial charge in [-0.15, -0.1) is 0 Å². The number of hydrogen-bond donors (Lipinski definition) is 1. The highest BCUT2D eigenvalue weighted by Crippen LogP contribution is 2.25. The number of benzene rings is 1. The maximum atomic E-state index is 9.37. The van der Waals surface area contributed by atoms with E-state index >= 15 is 0 Å². The zero-order valence-corrected chi connectivity index (χ0v) is 8.97. The molecule has 1 aromatic carbocycles. The maximum Gasteiger partial charge on any atom is 0.117 e. The first kappa shape index (κ1) is 10.8. The van der Waals surface area contributed by atoms with Crippen molar-refractivity contribution in [1.82, 2.24) is 0 Å². The van der Waals surface area contributed by atoms with Gasteiger partial charge in [-0.05, 0) is 31.5 Å². The molecule has 0 aliphatic heterocycles. The molecule has 0 aliphatic carbocycles. The van der Waals surface area contributed by atoms with Gasteiger partial charge in [0.1, 0.15) is 5.75 Å². The normalized spacial score (nSPS) is 11.5. The number of phenolic OH excluding ortho intramolecular Hbond substituents is 1. The van der Waals surface area contributed by atoms with Crippen molar-refractivity contribution in [2.45, 2.75) is 13.8 Å². The van der Waals surface area contributed by atoms with Crippen LogP contribution in [-0.4, -0.2) is 10.8 Å². The molecular formula is C11H12ClNO. The van der Waals surface area contributed by atoms with Crippen molar-refractivity contribution < 1.29 is 5.11 Å². The first-order chi connectivity index (χ1) is 6.56. The average Bonchev–Trinajstić information content (AvgIpc) is 2.11. The quantitative estimate of drug-likeness (QED) is 0.745. The highest BCUT2D eigenvalue weighted by molar-refractivity contribution is 6.32. The molecule has 0 aliphatic rings. The molecule has 0 amide bonds. The highest BCUT2D eigenvalue weighted by atomic mass is 35.5. The summed E-state index contributed by atoms with van der Waals surface area (Å²) in [5.74, 6) is 0.147. The van der Waals surface area contributed by atoms with Crippen molar-refractivity contribution in [3.05, 3.63) is 41.1 Å². The minimum atomic E-state index is 0.147. The maximum absolute atomic E-state index is 9.37. The molecule has 2 nitrogen and oxygen atoms in total. The van der Waals surface area contributed by atoms with Gasteiger partial charge in [0.25, 0.3) is 0 Å². The molecule has 0 aromatic heterocycles. The van der Waals surface area contributed by atoms with Crippen molar-refractivity contribution in [3.8, 4) is 5.75 Å². The molecule has 0 bridgehead atoms. The van der Waals surface area contributed by atoms with Gasteiger partial charge in [0, 0.05) is 22.5 Å². The summed E-state index contributed by atoms with van der Waals surface area (Å²) in [4.78, 5) is 4.05. The molecule has 0 saturated carbocycles. The Morgan fingerprint density at radius 1 is 1.57 bits per heavy atom. The number of hydrogen-bond acceptors (Lipinski definition) is 2. The fourth-order valence-electron chi connectivity index (χ4n) is 1.25. The van der Waals surface area contributed by atoms with Gasteiger partial charge < -0.3 is 5.11 Å². The Morgan fingerprint density at radius 3 is 2.79 bits per heavy atom. The minimum Gasteiger partial charge on any atom is -0.508 e. The lowest BCUT2D eigenvalue weighted by atomic mass is 10.0. The average molecular weight is 210 g/mol. The first-order valence-electron chi connectivity index (χ1n) is 4.21. The third-order valence-corrected chi connectivity index (χ3v) is 2.40. The lowest BCUT2D eigenvalue weighted by molar-refractivity contribution is 0.475. The second kappa shape index (κ2) is 4.29. The largest absolute Gasteiger partial charge is 0.508 e. The molecule has 0 saturated heterocycles. The molecule has 0 heterocycles. The number of phenols is 1. The summed E-state index contributed by atoms with van der Waals surface area (Å²) in [5.41, 5.74) is 2.54. The summed E-state index contributed by atoms with van der Waals surface area (Å²) in [6.45, 7) is 7.25. The third-order valence-electron chi connectivity index (χ3n) is 2.00. The number of nitrogens with zero attached hydrogens (tertiary/aromatic N) is 1. The van der Waals surface area contributed by atoms with Crippen LogP contribution in [-0.2, 0) is 0 Å². The molecular weight excluding hydrogens is 198 g/mol. The van der Waals surface area contributed by atoms with Crippen molar-refractivity contribution in [2.75, 3.05) is 0 Å². The van der Waals surface area contributed by atoms with Gasteiger partial charge in [0.2, 0.25) is 0 Å². The Morgan fingerprint density at radius 2 is 2.21 bits per heavy atom. The fourth-order valence-corrected chi connectivity index (χ4v) is 1.46. The van der Waals surface area contributed by atoms with E-state index in [1.807, 2.05) is 13.8 Å². The molecule has 0 unspecified atom stereocenters. The van der Waals surface area contributed by atoms with E-state index < -0.39 is 0 Å². The van der Waals surface area contributed by atoms with Crippen LogP contribution in [0.5, 0.6) is 5.75 Å². The minimum absolute atomic E-state index is 0.147. The summed E-state index contributed by atoms with van der Waals surface area (Å²) < 4.78 is 0. The van der Waals surface area contributed by atoms with Gasteiger partial charge in [-0.25, -0.2) is 0 Å². The third kappa shape index (κ3) is 2.15. The molecule has 0 fully saturated rings. The second-order valence-corrected chi connectivity index (χ2v) is 3.40.